The second-order valence-corrected chi connectivity index (χ2v) is 9.05. The van der Waals surface area contributed by atoms with Gasteiger partial charge in [0.15, 0.2) is 11.6 Å². The van der Waals surface area contributed by atoms with E-state index in [2.05, 4.69) is 20.4 Å². The Bertz CT molecular complexity index is 1690. The van der Waals surface area contributed by atoms with Crippen LogP contribution in [0.1, 0.15) is 23.2 Å². The first kappa shape index (κ1) is 22.9. The Kier molecular flexibility index (Phi) is 5.64. The van der Waals surface area contributed by atoms with Crippen molar-refractivity contribution in [3.63, 3.8) is 0 Å². The Hall–Kier alpha value is -4.04. The number of piperidine rings is 1. The van der Waals surface area contributed by atoms with E-state index in [0.717, 1.165) is 21.3 Å². The van der Waals surface area contributed by atoms with E-state index in [9.17, 15) is 22.4 Å². The molecule has 1 N–H and O–H groups in total. The summed E-state index contributed by atoms with van der Waals surface area (Å²) in [7, 11) is 1.18. The number of imidazole rings is 1. The van der Waals surface area contributed by atoms with Gasteiger partial charge >= 0.3 is 0 Å². The van der Waals surface area contributed by atoms with Crippen LogP contribution >= 0.6 is 0 Å². The van der Waals surface area contributed by atoms with Gasteiger partial charge in [-0.15, -0.1) is 5.10 Å². The molecule has 4 heterocycles. The van der Waals surface area contributed by atoms with Crippen LogP contribution in [0.3, 0.4) is 0 Å². The topological polar surface area (TPSA) is 89.6 Å². The van der Waals surface area contributed by atoms with Crippen LogP contribution in [0.15, 0.2) is 18.3 Å². The van der Waals surface area contributed by atoms with Crippen LogP contribution in [0.4, 0.5) is 32.3 Å². The Labute approximate surface area is 221 Å². The highest BCUT2D eigenvalue weighted by molar-refractivity contribution is 5.90. The van der Waals surface area contributed by atoms with E-state index in [1.807, 2.05) is 0 Å². The minimum absolute atomic E-state index is 0.00488. The normalized spacial score (nSPS) is 18.8. The number of carbonyl (C=O) groups excluding carboxylic acids is 1. The number of likely N-dealkylation sites (tertiary alicyclic amines) is 1. The van der Waals surface area contributed by atoms with Crippen molar-refractivity contribution in [3.8, 4) is 17.0 Å². The maximum Gasteiger partial charge on any atom is 0.285 e. The Morgan fingerprint density at radius 1 is 1.28 bits per heavy atom. The van der Waals surface area contributed by atoms with Crippen LogP contribution in [0.2, 0.25) is 0 Å². The number of methoxy groups -OCH3 is 1. The van der Waals surface area contributed by atoms with Crippen LogP contribution < -0.4 is 10.1 Å². The van der Waals surface area contributed by atoms with E-state index in [4.69, 9.17) is 8.85 Å². The fourth-order valence-corrected chi connectivity index (χ4v) is 4.76. The third kappa shape index (κ3) is 4.69. The summed E-state index contributed by atoms with van der Waals surface area (Å²) in [5.41, 5.74) is -0.562. The SMILES string of the molecule is [2H]C([2H])([2H])C(=O)N1CC[C@@H](Nc2nc(OC)c3c(-c4cc(F)c5nc(C)n(CC(F)F)c5c4)c(F)cn3n2)C(F)(F)C1. The largest absolute Gasteiger partial charge is 0.479 e. The second kappa shape index (κ2) is 9.61. The molecule has 9 nitrogen and oxygen atoms in total. The van der Waals surface area contributed by atoms with Gasteiger partial charge in [0.2, 0.25) is 17.7 Å². The standard InChI is InChI=1S/C24H23F6N7O2/c1-11-31-20-14(25)6-13(7-16(20)36(11)9-18(27)28)19-15(26)8-37-21(19)22(39-3)33-23(34-37)32-17-4-5-35(12(2)38)10-24(17,29)30/h6-8,17-18H,4-5,9-10H2,1-3H3,(H,32,34)/t17-/m1/s1/i2D3. The molecule has 0 radical (unpaired) electrons. The van der Waals surface area contributed by atoms with Crippen LogP contribution in [-0.4, -0.2) is 73.5 Å². The highest BCUT2D eigenvalue weighted by Crippen LogP contribution is 2.37. The molecule has 0 aliphatic carbocycles. The van der Waals surface area contributed by atoms with E-state index in [0.29, 0.717) is 4.90 Å². The minimum atomic E-state index is -3.58. The molecule has 1 aliphatic rings. The zero-order valence-corrected chi connectivity index (χ0v) is 20.5. The fourth-order valence-electron chi connectivity index (χ4n) is 4.76. The third-order valence-electron chi connectivity index (χ3n) is 6.54. The maximum absolute atomic E-state index is 15.3. The van der Waals surface area contributed by atoms with Gasteiger partial charge < -0.3 is 19.5 Å². The van der Waals surface area contributed by atoms with Gasteiger partial charge in [-0.3, -0.25) is 4.79 Å². The molecule has 0 unspecified atom stereocenters. The number of halogens is 6. The van der Waals surface area contributed by atoms with Crippen LogP contribution in [0.5, 0.6) is 5.88 Å². The molecule has 15 heteroatoms. The van der Waals surface area contributed by atoms with Crippen LogP contribution in [0, 0.1) is 18.6 Å². The zero-order chi connectivity index (χ0) is 30.7. The lowest BCUT2D eigenvalue weighted by molar-refractivity contribution is -0.140. The molecule has 5 rings (SSSR count). The van der Waals surface area contributed by atoms with Crippen LogP contribution in [-0.2, 0) is 11.3 Å². The van der Waals surface area contributed by atoms with Gasteiger partial charge in [0, 0.05) is 17.5 Å². The van der Waals surface area contributed by atoms with E-state index < -0.39 is 61.8 Å². The van der Waals surface area contributed by atoms with Gasteiger partial charge in [-0.25, -0.2) is 35.8 Å². The number of rotatable bonds is 6. The molecule has 0 spiro atoms. The third-order valence-corrected chi connectivity index (χ3v) is 6.54. The molecule has 1 saturated heterocycles. The minimum Gasteiger partial charge on any atom is -0.479 e. The molecular weight excluding hydrogens is 532 g/mol. The predicted octanol–water partition coefficient (Wildman–Crippen LogP) is 4.27. The van der Waals surface area contributed by atoms with E-state index in [1.165, 1.54) is 20.1 Å². The Morgan fingerprint density at radius 3 is 2.72 bits per heavy atom. The van der Waals surface area contributed by atoms with Gasteiger partial charge in [-0.2, -0.15) is 4.98 Å². The van der Waals surface area contributed by atoms with Gasteiger partial charge in [-0.1, -0.05) is 0 Å². The summed E-state index contributed by atoms with van der Waals surface area (Å²) in [6, 6.07) is 0.648. The highest BCUT2D eigenvalue weighted by atomic mass is 19.3. The van der Waals surface area contributed by atoms with Gasteiger partial charge in [0.1, 0.15) is 16.9 Å². The summed E-state index contributed by atoms with van der Waals surface area (Å²) < 4.78 is 115. The Balaban J connectivity index is 1.51. The molecule has 1 aliphatic heterocycles. The molecule has 4 aromatic rings. The summed E-state index contributed by atoms with van der Waals surface area (Å²) in [6.07, 6.45) is -2.23. The number of benzene rings is 1. The molecule has 1 amide bonds. The number of anilines is 1. The summed E-state index contributed by atoms with van der Waals surface area (Å²) in [5.74, 6) is -7.32. The van der Waals surface area contributed by atoms with Crippen molar-refractivity contribution in [2.24, 2.45) is 0 Å². The van der Waals surface area contributed by atoms with Crippen molar-refractivity contribution in [1.82, 2.24) is 29.0 Å². The summed E-state index contributed by atoms with van der Waals surface area (Å²) >= 11 is 0. The average Bonchev–Trinajstić information content (AvgIpc) is 3.39. The summed E-state index contributed by atoms with van der Waals surface area (Å²) in [6.45, 7) is -3.83. The smallest absolute Gasteiger partial charge is 0.285 e. The van der Waals surface area contributed by atoms with Gasteiger partial charge in [0.05, 0.1) is 43.5 Å². The lowest BCUT2D eigenvalue weighted by atomic mass is 10.0. The molecule has 1 atom stereocenters. The second-order valence-electron chi connectivity index (χ2n) is 9.05. The number of aryl methyl sites for hydroxylation is 1. The van der Waals surface area contributed by atoms with Crippen molar-refractivity contribution in [2.45, 2.75) is 45.1 Å². The van der Waals surface area contributed by atoms with E-state index >= 15 is 8.78 Å². The zero-order valence-electron chi connectivity index (χ0n) is 23.5. The van der Waals surface area contributed by atoms with Crippen molar-refractivity contribution in [1.29, 1.82) is 0 Å². The monoisotopic (exact) mass is 558 g/mol. The number of hydrogen-bond donors (Lipinski definition) is 1. The van der Waals surface area contributed by atoms with Crippen molar-refractivity contribution in [3.05, 3.63) is 35.8 Å². The number of fused-ring (bicyclic) bond motifs is 2. The number of carbonyl (C=O) groups is 1. The molecule has 0 saturated carbocycles. The fraction of sp³-hybridized carbons (Fsp3) is 0.417. The molecule has 0 bridgehead atoms. The molecule has 1 fully saturated rings. The summed E-state index contributed by atoms with van der Waals surface area (Å²) in [4.78, 5) is 20.6. The van der Waals surface area contributed by atoms with Crippen molar-refractivity contribution in [2.75, 3.05) is 25.5 Å². The Morgan fingerprint density at radius 2 is 2.05 bits per heavy atom. The number of ether oxygens (including phenoxy) is 1. The number of nitrogens with one attached hydrogen (secondary N) is 1. The predicted molar refractivity (Wildman–Crippen MR) is 128 cm³/mol. The van der Waals surface area contributed by atoms with Crippen molar-refractivity contribution < 1.29 is 40.0 Å². The number of hydrogen-bond acceptors (Lipinski definition) is 6. The first-order valence-electron chi connectivity index (χ1n) is 13.1. The van der Waals surface area contributed by atoms with Crippen molar-refractivity contribution >= 4 is 28.4 Å². The van der Waals surface area contributed by atoms with Gasteiger partial charge in [0.25, 0.3) is 12.3 Å². The summed E-state index contributed by atoms with van der Waals surface area (Å²) in [5, 5.41) is 6.50. The molecule has 208 valence electrons. The highest BCUT2D eigenvalue weighted by Gasteiger charge is 2.46. The number of nitrogens with zero attached hydrogens (tertiary/aromatic N) is 6. The van der Waals surface area contributed by atoms with Gasteiger partial charge in [-0.05, 0) is 31.0 Å². The number of alkyl halides is 4. The number of amides is 1. The lowest BCUT2D eigenvalue weighted by Gasteiger charge is -2.38. The van der Waals surface area contributed by atoms with Crippen LogP contribution in [0.25, 0.3) is 27.7 Å². The molecule has 1 aromatic carbocycles. The molecule has 39 heavy (non-hydrogen) atoms. The number of aromatic nitrogens is 5. The average molecular weight is 559 g/mol. The quantitative estimate of drug-likeness (QED) is 0.356. The first-order chi connectivity index (χ1) is 19.6. The lowest BCUT2D eigenvalue weighted by Crippen LogP contribution is -2.55. The van der Waals surface area contributed by atoms with E-state index in [-0.39, 0.29) is 52.3 Å². The molecule has 3 aromatic heterocycles. The molecular formula is C24H23F6N7O2. The first-order valence-corrected chi connectivity index (χ1v) is 11.6. The maximum atomic E-state index is 15.3. The van der Waals surface area contributed by atoms with E-state index in [1.54, 1.807) is 0 Å².